The van der Waals surface area contributed by atoms with Gasteiger partial charge in [-0.3, -0.25) is 0 Å². The molecule has 0 aliphatic carbocycles. The standard InChI is InChI=1S/C15H21N3S/c1-10(16)15-14(17-11(2)19-15)13-7-5-6-12(8-13)9-18(3)4/h5-8,10H,9,16H2,1-4H3. The predicted molar refractivity (Wildman–Crippen MR) is 82.3 cm³/mol. The van der Waals surface area contributed by atoms with E-state index in [0.717, 1.165) is 22.8 Å². The van der Waals surface area contributed by atoms with Crippen LogP contribution in [-0.4, -0.2) is 24.0 Å². The number of aromatic nitrogens is 1. The van der Waals surface area contributed by atoms with Gasteiger partial charge in [-0.15, -0.1) is 11.3 Å². The van der Waals surface area contributed by atoms with Crippen LogP contribution in [0.1, 0.15) is 28.4 Å². The summed E-state index contributed by atoms with van der Waals surface area (Å²) < 4.78 is 0. The number of aryl methyl sites for hydroxylation is 1. The third kappa shape index (κ3) is 3.41. The molecule has 1 heterocycles. The van der Waals surface area contributed by atoms with Crippen LogP contribution in [0.25, 0.3) is 11.3 Å². The summed E-state index contributed by atoms with van der Waals surface area (Å²) in [5.74, 6) is 0. The third-order valence-corrected chi connectivity index (χ3v) is 4.04. The van der Waals surface area contributed by atoms with Crippen molar-refractivity contribution in [1.82, 2.24) is 9.88 Å². The Morgan fingerprint density at radius 1 is 1.37 bits per heavy atom. The van der Waals surface area contributed by atoms with Crippen molar-refractivity contribution < 1.29 is 0 Å². The van der Waals surface area contributed by atoms with E-state index in [1.54, 1.807) is 11.3 Å². The molecule has 1 aromatic heterocycles. The average molecular weight is 275 g/mol. The van der Waals surface area contributed by atoms with Gasteiger partial charge in [0.15, 0.2) is 0 Å². The van der Waals surface area contributed by atoms with Gasteiger partial charge in [-0.2, -0.15) is 0 Å². The quantitative estimate of drug-likeness (QED) is 0.931. The SMILES string of the molecule is Cc1nc(-c2cccc(CN(C)C)c2)c(C(C)N)s1. The Balaban J connectivity index is 2.41. The largest absolute Gasteiger partial charge is 0.323 e. The van der Waals surface area contributed by atoms with Crippen molar-refractivity contribution in [3.63, 3.8) is 0 Å². The summed E-state index contributed by atoms with van der Waals surface area (Å²) in [6, 6.07) is 8.58. The van der Waals surface area contributed by atoms with Crippen molar-refractivity contribution in [1.29, 1.82) is 0 Å². The van der Waals surface area contributed by atoms with E-state index >= 15 is 0 Å². The first kappa shape index (κ1) is 14.2. The van der Waals surface area contributed by atoms with Gasteiger partial charge in [0.2, 0.25) is 0 Å². The van der Waals surface area contributed by atoms with Gasteiger partial charge < -0.3 is 10.6 Å². The maximum Gasteiger partial charge on any atom is 0.0905 e. The summed E-state index contributed by atoms with van der Waals surface area (Å²) in [5, 5.41) is 1.07. The van der Waals surface area contributed by atoms with Crippen LogP contribution >= 0.6 is 11.3 Å². The highest BCUT2D eigenvalue weighted by molar-refractivity contribution is 7.12. The molecule has 1 unspecified atom stereocenters. The minimum absolute atomic E-state index is 0.0266. The lowest BCUT2D eigenvalue weighted by Gasteiger charge is -2.11. The number of hydrogen-bond donors (Lipinski definition) is 1. The fourth-order valence-corrected chi connectivity index (χ4v) is 3.04. The van der Waals surface area contributed by atoms with Gasteiger partial charge >= 0.3 is 0 Å². The van der Waals surface area contributed by atoms with Gasteiger partial charge in [0.1, 0.15) is 0 Å². The minimum atomic E-state index is 0.0266. The minimum Gasteiger partial charge on any atom is -0.323 e. The molecular formula is C15H21N3S. The second kappa shape index (κ2) is 5.82. The predicted octanol–water partition coefficient (Wildman–Crippen LogP) is 3.20. The van der Waals surface area contributed by atoms with Crippen LogP contribution in [0.3, 0.4) is 0 Å². The van der Waals surface area contributed by atoms with Gasteiger partial charge in [-0.1, -0.05) is 18.2 Å². The lowest BCUT2D eigenvalue weighted by atomic mass is 10.1. The van der Waals surface area contributed by atoms with Crippen LogP contribution in [-0.2, 0) is 6.54 Å². The number of nitrogens with two attached hydrogens (primary N) is 1. The Morgan fingerprint density at radius 3 is 2.74 bits per heavy atom. The first-order valence-corrected chi connectivity index (χ1v) is 7.26. The van der Waals surface area contributed by atoms with Crippen LogP contribution < -0.4 is 5.73 Å². The Kier molecular flexibility index (Phi) is 4.34. The fraction of sp³-hybridized carbons (Fsp3) is 0.400. The van der Waals surface area contributed by atoms with E-state index < -0.39 is 0 Å². The molecule has 2 rings (SSSR count). The summed E-state index contributed by atoms with van der Waals surface area (Å²) in [4.78, 5) is 7.98. The number of hydrogen-bond acceptors (Lipinski definition) is 4. The first-order valence-electron chi connectivity index (χ1n) is 6.44. The maximum atomic E-state index is 6.05. The van der Waals surface area contributed by atoms with Gasteiger partial charge in [-0.05, 0) is 39.6 Å². The zero-order valence-electron chi connectivity index (χ0n) is 12.0. The molecule has 1 atom stereocenters. The fourth-order valence-electron chi connectivity index (χ4n) is 2.14. The maximum absolute atomic E-state index is 6.05. The number of nitrogens with zero attached hydrogens (tertiary/aromatic N) is 2. The van der Waals surface area contributed by atoms with E-state index in [1.807, 2.05) is 13.8 Å². The topological polar surface area (TPSA) is 42.2 Å². The highest BCUT2D eigenvalue weighted by atomic mass is 32.1. The molecule has 0 radical (unpaired) electrons. The van der Waals surface area contributed by atoms with Crippen molar-refractivity contribution in [2.24, 2.45) is 5.73 Å². The Bertz CT molecular complexity index is 558. The molecular weight excluding hydrogens is 254 g/mol. The third-order valence-electron chi connectivity index (χ3n) is 2.87. The summed E-state index contributed by atoms with van der Waals surface area (Å²) in [7, 11) is 4.15. The normalized spacial score (nSPS) is 12.9. The first-order chi connectivity index (χ1) is 8.97. The van der Waals surface area contributed by atoms with Crippen molar-refractivity contribution in [3.05, 3.63) is 39.7 Å². The highest BCUT2D eigenvalue weighted by Crippen LogP contribution is 2.32. The zero-order chi connectivity index (χ0) is 14.0. The Labute approximate surface area is 119 Å². The van der Waals surface area contributed by atoms with E-state index in [-0.39, 0.29) is 6.04 Å². The van der Waals surface area contributed by atoms with E-state index in [4.69, 9.17) is 5.73 Å². The molecule has 19 heavy (non-hydrogen) atoms. The summed E-state index contributed by atoms with van der Waals surface area (Å²) in [6.45, 7) is 4.98. The Hall–Kier alpha value is -1.23. The average Bonchev–Trinajstić information content (AvgIpc) is 2.71. The van der Waals surface area contributed by atoms with Crippen LogP contribution in [0.4, 0.5) is 0 Å². The smallest absolute Gasteiger partial charge is 0.0905 e. The lowest BCUT2D eigenvalue weighted by molar-refractivity contribution is 0.402. The lowest BCUT2D eigenvalue weighted by Crippen LogP contribution is -2.10. The van der Waals surface area contributed by atoms with Gasteiger partial charge in [0, 0.05) is 23.0 Å². The summed E-state index contributed by atoms with van der Waals surface area (Å²) in [6.07, 6.45) is 0. The van der Waals surface area contributed by atoms with Gasteiger partial charge in [0.25, 0.3) is 0 Å². The van der Waals surface area contributed by atoms with Crippen molar-refractivity contribution >= 4 is 11.3 Å². The van der Waals surface area contributed by atoms with Crippen LogP contribution in [0, 0.1) is 6.92 Å². The molecule has 0 spiro atoms. The van der Waals surface area contributed by atoms with E-state index in [2.05, 4.69) is 48.2 Å². The number of benzene rings is 1. The number of rotatable bonds is 4. The molecule has 1 aromatic carbocycles. The van der Waals surface area contributed by atoms with Crippen LogP contribution in [0.15, 0.2) is 24.3 Å². The summed E-state index contributed by atoms with van der Waals surface area (Å²) >= 11 is 1.69. The van der Waals surface area contributed by atoms with Gasteiger partial charge in [-0.25, -0.2) is 4.98 Å². The molecule has 0 aliphatic rings. The molecule has 0 amide bonds. The van der Waals surface area contributed by atoms with E-state index in [9.17, 15) is 0 Å². The molecule has 0 aliphatic heterocycles. The Morgan fingerprint density at radius 2 is 2.11 bits per heavy atom. The van der Waals surface area contributed by atoms with Crippen LogP contribution in [0.5, 0.6) is 0 Å². The summed E-state index contributed by atoms with van der Waals surface area (Å²) in [5.41, 5.74) is 9.54. The van der Waals surface area contributed by atoms with Crippen molar-refractivity contribution in [2.45, 2.75) is 26.4 Å². The second-order valence-electron chi connectivity index (χ2n) is 5.17. The molecule has 2 aromatic rings. The number of thiazole rings is 1. The van der Waals surface area contributed by atoms with Crippen LogP contribution in [0.2, 0.25) is 0 Å². The zero-order valence-corrected chi connectivity index (χ0v) is 12.8. The molecule has 3 nitrogen and oxygen atoms in total. The molecule has 0 fully saturated rings. The van der Waals surface area contributed by atoms with E-state index in [0.29, 0.717) is 0 Å². The molecule has 0 bridgehead atoms. The molecule has 2 N–H and O–H groups in total. The molecule has 4 heteroatoms. The van der Waals surface area contributed by atoms with Gasteiger partial charge in [0.05, 0.1) is 10.7 Å². The molecule has 0 saturated carbocycles. The highest BCUT2D eigenvalue weighted by Gasteiger charge is 2.14. The molecule has 102 valence electrons. The van der Waals surface area contributed by atoms with Crippen molar-refractivity contribution in [2.75, 3.05) is 14.1 Å². The monoisotopic (exact) mass is 275 g/mol. The second-order valence-corrected chi connectivity index (χ2v) is 6.41. The van der Waals surface area contributed by atoms with E-state index in [1.165, 1.54) is 10.4 Å². The van der Waals surface area contributed by atoms with Crippen molar-refractivity contribution in [3.8, 4) is 11.3 Å². The molecule has 0 saturated heterocycles.